The number of carboxylic acids is 1. The van der Waals surface area contributed by atoms with Gasteiger partial charge in [0.2, 0.25) is 4.11 Å². The van der Waals surface area contributed by atoms with Gasteiger partial charge >= 0.3 is 18.1 Å². The third-order valence-corrected chi connectivity index (χ3v) is 1.39. The van der Waals surface area contributed by atoms with E-state index in [0.29, 0.717) is 0 Å². The molecule has 9 heteroatoms. The Balaban J connectivity index is 0. The number of nitrogens with two attached hydrogens (primary N) is 1. The van der Waals surface area contributed by atoms with Crippen LogP contribution in [-0.2, 0) is 14.3 Å². The summed E-state index contributed by atoms with van der Waals surface area (Å²) in [6, 6.07) is 0. The molecule has 5 nitrogen and oxygen atoms in total. The van der Waals surface area contributed by atoms with Crippen LogP contribution in [0.1, 0.15) is 0 Å². The average molecular weight is 353 g/mol. The number of hydrogen-bond donors (Lipinski definition) is 2. The molecule has 0 aliphatic carbocycles. The number of ether oxygens (including phenoxy) is 1. The van der Waals surface area contributed by atoms with Crippen molar-refractivity contribution in [1.82, 2.24) is 0 Å². The van der Waals surface area contributed by atoms with Gasteiger partial charge in [0.25, 0.3) is 0 Å². The molecule has 0 aromatic carbocycles. The van der Waals surface area contributed by atoms with Crippen molar-refractivity contribution >= 4 is 34.5 Å². The molecule has 0 rings (SSSR count). The molecule has 0 heterocycles. The summed E-state index contributed by atoms with van der Waals surface area (Å²) < 4.78 is 35.8. The highest BCUT2D eigenvalue weighted by molar-refractivity contribution is 14.1. The first-order valence-corrected chi connectivity index (χ1v) is 4.69. The molecule has 0 radical (unpaired) electrons. The van der Waals surface area contributed by atoms with E-state index in [2.05, 4.69) is 10.7 Å². The van der Waals surface area contributed by atoms with Crippen molar-refractivity contribution in [3.8, 4) is 12.3 Å². The van der Waals surface area contributed by atoms with E-state index in [-0.39, 0.29) is 6.54 Å². The van der Waals surface area contributed by atoms with Crippen LogP contribution in [0.4, 0.5) is 13.2 Å². The van der Waals surface area contributed by atoms with Gasteiger partial charge in [-0.1, -0.05) is 5.92 Å². The SMILES string of the molecule is C#CC(I)OC(=O)CN.O=C(O)C(F)(F)F. The third kappa shape index (κ3) is 11.1. The summed E-state index contributed by atoms with van der Waals surface area (Å²) >= 11 is 1.81. The highest BCUT2D eigenvalue weighted by Gasteiger charge is 2.38. The standard InChI is InChI=1S/C5H6INO2.C2HF3O2/c1-2-4(6)9-5(8)3-7;3-2(4,5)1(6)7/h1,4H,3,7H2;(H,6,7). The number of carbonyl (C=O) groups is 2. The summed E-state index contributed by atoms with van der Waals surface area (Å²) in [4.78, 5) is 19.2. The Morgan fingerprint density at radius 2 is 1.94 bits per heavy atom. The van der Waals surface area contributed by atoms with E-state index in [4.69, 9.17) is 22.1 Å². The third-order valence-electron chi connectivity index (χ3n) is 0.775. The van der Waals surface area contributed by atoms with Gasteiger partial charge < -0.3 is 15.6 Å². The molecule has 0 amide bonds. The number of alkyl halides is 4. The van der Waals surface area contributed by atoms with Crippen molar-refractivity contribution in [3.05, 3.63) is 0 Å². The molecule has 0 aliphatic rings. The monoisotopic (exact) mass is 353 g/mol. The Hall–Kier alpha value is -1.02. The molecule has 92 valence electrons. The second-order valence-corrected chi connectivity index (χ2v) is 3.11. The van der Waals surface area contributed by atoms with Crippen LogP contribution in [0.15, 0.2) is 0 Å². The second-order valence-electron chi connectivity index (χ2n) is 1.98. The first-order valence-electron chi connectivity index (χ1n) is 3.45. The van der Waals surface area contributed by atoms with Crippen LogP contribution in [0.3, 0.4) is 0 Å². The van der Waals surface area contributed by atoms with Gasteiger partial charge in [0, 0.05) is 0 Å². The van der Waals surface area contributed by atoms with Crippen molar-refractivity contribution in [3.63, 3.8) is 0 Å². The summed E-state index contributed by atoms with van der Waals surface area (Å²) in [5.41, 5.74) is 4.93. The molecular weight excluding hydrogens is 346 g/mol. The molecule has 0 spiro atoms. The molecule has 0 aromatic rings. The topological polar surface area (TPSA) is 89.6 Å². The summed E-state index contributed by atoms with van der Waals surface area (Å²) in [5, 5.41) is 7.12. The fourth-order valence-electron chi connectivity index (χ4n) is 0.198. The Bertz CT molecular complexity index is 286. The van der Waals surface area contributed by atoms with Crippen LogP contribution in [-0.4, -0.2) is 33.9 Å². The predicted molar refractivity (Wildman–Crippen MR) is 55.5 cm³/mol. The lowest BCUT2D eigenvalue weighted by molar-refractivity contribution is -0.192. The van der Waals surface area contributed by atoms with E-state index >= 15 is 0 Å². The van der Waals surface area contributed by atoms with Crippen LogP contribution in [0.5, 0.6) is 0 Å². The second kappa shape index (κ2) is 8.17. The number of carboxylic acid groups (broad SMARTS) is 1. The van der Waals surface area contributed by atoms with Crippen LogP contribution >= 0.6 is 22.6 Å². The Morgan fingerprint density at radius 3 is 2.12 bits per heavy atom. The van der Waals surface area contributed by atoms with Gasteiger partial charge in [0.15, 0.2) is 0 Å². The predicted octanol–water partition coefficient (Wildman–Crippen LogP) is 0.516. The van der Waals surface area contributed by atoms with Gasteiger partial charge in [-0.3, -0.25) is 4.79 Å². The Morgan fingerprint density at radius 1 is 1.56 bits per heavy atom. The summed E-state index contributed by atoms with van der Waals surface area (Å²) in [5.74, 6) is -1.02. The maximum Gasteiger partial charge on any atom is 0.490 e. The van der Waals surface area contributed by atoms with E-state index in [1.54, 1.807) is 0 Å². The molecule has 0 saturated carbocycles. The number of carbonyl (C=O) groups excluding carboxylic acids is 1. The molecule has 0 fully saturated rings. The van der Waals surface area contributed by atoms with Crippen molar-refractivity contribution in [2.24, 2.45) is 5.73 Å². The largest absolute Gasteiger partial charge is 0.490 e. The molecular formula is C7H7F3INO4. The van der Waals surface area contributed by atoms with Crippen LogP contribution in [0, 0.1) is 12.3 Å². The van der Waals surface area contributed by atoms with Gasteiger partial charge in [-0.05, 0) is 22.6 Å². The molecule has 16 heavy (non-hydrogen) atoms. The van der Waals surface area contributed by atoms with Gasteiger partial charge in [-0.2, -0.15) is 13.2 Å². The zero-order valence-electron chi connectivity index (χ0n) is 7.62. The van der Waals surface area contributed by atoms with Crippen LogP contribution in [0.25, 0.3) is 0 Å². The van der Waals surface area contributed by atoms with Gasteiger partial charge in [0.05, 0.1) is 6.54 Å². The molecule has 0 bridgehead atoms. The Labute approximate surface area is 102 Å². The number of esters is 1. The lowest BCUT2D eigenvalue weighted by Gasteiger charge is -2.01. The summed E-state index contributed by atoms with van der Waals surface area (Å²) in [7, 11) is 0. The first-order chi connectivity index (χ1) is 7.15. The van der Waals surface area contributed by atoms with E-state index < -0.39 is 22.2 Å². The number of halogens is 4. The normalized spacial score (nSPS) is 11.5. The number of terminal acetylenes is 1. The number of hydrogen-bond acceptors (Lipinski definition) is 4. The highest BCUT2D eigenvalue weighted by Crippen LogP contribution is 2.13. The lowest BCUT2D eigenvalue weighted by Crippen LogP contribution is -2.21. The lowest BCUT2D eigenvalue weighted by atomic mass is 10.7. The van der Waals surface area contributed by atoms with Crippen molar-refractivity contribution < 1.29 is 32.6 Å². The van der Waals surface area contributed by atoms with Gasteiger partial charge in [-0.25, -0.2) is 4.79 Å². The smallest absolute Gasteiger partial charge is 0.475 e. The van der Waals surface area contributed by atoms with Crippen molar-refractivity contribution in [2.75, 3.05) is 6.54 Å². The fourth-order valence-corrected chi connectivity index (χ4v) is 0.481. The fraction of sp³-hybridized carbons (Fsp3) is 0.429. The zero-order valence-corrected chi connectivity index (χ0v) is 9.78. The van der Waals surface area contributed by atoms with E-state index in [1.807, 2.05) is 22.6 Å². The molecule has 0 aliphatic heterocycles. The first kappa shape index (κ1) is 17.4. The maximum atomic E-state index is 10.6. The minimum Gasteiger partial charge on any atom is -0.475 e. The minimum absolute atomic E-state index is 0.124. The summed E-state index contributed by atoms with van der Waals surface area (Å²) in [6.07, 6.45) is -0.184. The minimum atomic E-state index is -5.08. The molecule has 1 unspecified atom stereocenters. The molecule has 0 aromatic heterocycles. The average Bonchev–Trinajstić information content (AvgIpc) is 2.16. The van der Waals surface area contributed by atoms with Crippen LogP contribution < -0.4 is 5.73 Å². The molecule has 0 saturated heterocycles. The maximum absolute atomic E-state index is 10.6. The van der Waals surface area contributed by atoms with Crippen molar-refractivity contribution in [1.29, 1.82) is 0 Å². The van der Waals surface area contributed by atoms with E-state index in [0.717, 1.165) is 0 Å². The van der Waals surface area contributed by atoms with Gasteiger partial charge in [-0.15, -0.1) is 6.42 Å². The van der Waals surface area contributed by atoms with Crippen LogP contribution in [0.2, 0.25) is 0 Å². The summed E-state index contributed by atoms with van der Waals surface area (Å²) in [6.45, 7) is -0.124. The highest BCUT2D eigenvalue weighted by atomic mass is 127. The quantitative estimate of drug-likeness (QED) is 0.327. The molecule has 3 N–H and O–H groups in total. The van der Waals surface area contributed by atoms with Crippen molar-refractivity contribution in [2.45, 2.75) is 10.3 Å². The van der Waals surface area contributed by atoms with E-state index in [9.17, 15) is 18.0 Å². The number of rotatable bonds is 2. The Kier molecular flexibility index (Phi) is 8.87. The van der Waals surface area contributed by atoms with Gasteiger partial charge in [0.1, 0.15) is 0 Å². The van der Waals surface area contributed by atoms with E-state index in [1.165, 1.54) is 0 Å². The molecule has 1 atom stereocenters. The number of aliphatic carboxylic acids is 1. The zero-order chi connectivity index (χ0) is 13.4.